The van der Waals surface area contributed by atoms with Crippen LogP contribution in [0.25, 0.3) is 11.3 Å². The van der Waals surface area contributed by atoms with Crippen molar-refractivity contribution < 1.29 is 14.3 Å². The number of hydrogen-bond acceptors (Lipinski definition) is 5. The van der Waals surface area contributed by atoms with E-state index in [0.717, 1.165) is 35.2 Å². The molecule has 3 aromatic rings. The zero-order chi connectivity index (χ0) is 20.9. The summed E-state index contributed by atoms with van der Waals surface area (Å²) in [7, 11) is 3.23. The SMILES string of the molecule is COc1cncc(OC)c1C1CCCC(=O)N1Cc1cccc(-c2ccccn2)c1. The van der Waals surface area contributed by atoms with Gasteiger partial charge in [0.05, 0.1) is 43.9 Å². The Morgan fingerprint density at radius 2 is 1.87 bits per heavy atom. The van der Waals surface area contributed by atoms with Crippen molar-refractivity contribution in [3.63, 3.8) is 0 Å². The van der Waals surface area contributed by atoms with Crippen molar-refractivity contribution in [3.8, 4) is 22.8 Å². The molecule has 6 heteroatoms. The molecule has 1 fully saturated rings. The van der Waals surface area contributed by atoms with E-state index < -0.39 is 0 Å². The van der Waals surface area contributed by atoms with Crippen molar-refractivity contribution in [1.82, 2.24) is 14.9 Å². The van der Waals surface area contributed by atoms with E-state index in [1.807, 2.05) is 41.3 Å². The maximum Gasteiger partial charge on any atom is 0.223 e. The molecule has 1 aliphatic rings. The van der Waals surface area contributed by atoms with Crippen LogP contribution in [0.5, 0.6) is 11.5 Å². The van der Waals surface area contributed by atoms with Gasteiger partial charge in [0.1, 0.15) is 11.5 Å². The van der Waals surface area contributed by atoms with E-state index in [1.165, 1.54) is 0 Å². The number of benzene rings is 1. The highest BCUT2D eigenvalue weighted by Crippen LogP contribution is 2.42. The molecule has 1 aromatic carbocycles. The fourth-order valence-electron chi connectivity index (χ4n) is 4.06. The second-order valence-electron chi connectivity index (χ2n) is 7.30. The van der Waals surface area contributed by atoms with Crippen LogP contribution in [-0.4, -0.2) is 35.0 Å². The Bertz CT molecular complexity index is 1000. The van der Waals surface area contributed by atoms with Crippen LogP contribution in [0, 0.1) is 0 Å². The first kappa shape index (κ1) is 19.9. The third-order valence-electron chi connectivity index (χ3n) is 5.49. The summed E-state index contributed by atoms with van der Waals surface area (Å²) in [6.45, 7) is 0.513. The topological polar surface area (TPSA) is 64.6 Å². The summed E-state index contributed by atoms with van der Waals surface area (Å²) in [4.78, 5) is 23.5. The zero-order valence-electron chi connectivity index (χ0n) is 17.2. The lowest BCUT2D eigenvalue weighted by Gasteiger charge is -2.37. The molecule has 3 heterocycles. The van der Waals surface area contributed by atoms with E-state index in [1.54, 1.807) is 32.8 Å². The molecule has 1 unspecified atom stereocenters. The minimum absolute atomic E-state index is 0.127. The maximum absolute atomic E-state index is 13.0. The second kappa shape index (κ2) is 8.95. The van der Waals surface area contributed by atoms with Crippen LogP contribution in [0.4, 0.5) is 0 Å². The summed E-state index contributed by atoms with van der Waals surface area (Å²) in [5.41, 5.74) is 3.89. The molecule has 1 aliphatic heterocycles. The van der Waals surface area contributed by atoms with Gasteiger partial charge in [-0.3, -0.25) is 14.8 Å². The lowest BCUT2D eigenvalue weighted by Crippen LogP contribution is -2.38. The van der Waals surface area contributed by atoms with Crippen LogP contribution in [0.15, 0.2) is 61.1 Å². The van der Waals surface area contributed by atoms with Crippen LogP contribution in [0.2, 0.25) is 0 Å². The van der Waals surface area contributed by atoms with E-state index in [0.29, 0.717) is 24.5 Å². The van der Waals surface area contributed by atoms with Gasteiger partial charge >= 0.3 is 0 Å². The Morgan fingerprint density at radius 3 is 2.57 bits per heavy atom. The van der Waals surface area contributed by atoms with Crippen LogP contribution >= 0.6 is 0 Å². The van der Waals surface area contributed by atoms with Gasteiger partial charge in [-0.1, -0.05) is 24.3 Å². The van der Waals surface area contributed by atoms with Gasteiger partial charge in [0.2, 0.25) is 5.91 Å². The molecule has 154 valence electrons. The molecule has 1 saturated heterocycles. The number of likely N-dealkylation sites (tertiary alicyclic amines) is 1. The lowest BCUT2D eigenvalue weighted by atomic mass is 9.93. The maximum atomic E-state index is 13.0. The van der Waals surface area contributed by atoms with Crippen molar-refractivity contribution in [3.05, 3.63) is 72.2 Å². The number of carbonyl (C=O) groups excluding carboxylic acids is 1. The average Bonchev–Trinajstić information content (AvgIpc) is 2.80. The standard InChI is InChI=1S/C24H25N3O3/c1-29-21-14-25-15-22(30-2)24(21)20-10-6-11-23(28)27(20)16-17-7-5-8-18(13-17)19-9-3-4-12-26-19/h3-5,7-9,12-15,20H,6,10-11,16H2,1-2H3. The minimum Gasteiger partial charge on any atom is -0.495 e. The number of amides is 1. The predicted molar refractivity (Wildman–Crippen MR) is 114 cm³/mol. The number of aromatic nitrogens is 2. The summed E-state index contributed by atoms with van der Waals surface area (Å²) in [6, 6.07) is 13.9. The van der Waals surface area contributed by atoms with Gasteiger partial charge in [-0.2, -0.15) is 0 Å². The molecule has 30 heavy (non-hydrogen) atoms. The highest BCUT2D eigenvalue weighted by Gasteiger charge is 2.33. The molecular weight excluding hydrogens is 378 g/mol. The highest BCUT2D eigenvalue weighted by atomic mass is 16.5. The molecule has 0 saturated carbocycles. The van der Waals surface area contributed by atoms with E-state index >= 15 is 0 Å². The summed E-state index contributed by atoms with van der Waals surface area (Å²) < 4.78 is 11.1. The van der Waals surface area contributed by atoms with Gasteiger partial charge in [0.25, 0.3) is 0 Å². The molecule has 0 N–H and O–H groups in total. The van der Waals surface area contributed by atoms with Crippen molar-refractivity contribution in [1.29, 1.82) is 0 Å². The third kappa shape index (κ3) is 3.99. The zero-order valence-corrected chi connectivity index (χ0v) is 17.2. The van der Waals surface area contributed by atoms with Gasteiger partial charge in [-0.25, -0.2) is 0 Å². The number of ether oxygens (including phenoxy) is 2. The average molecular weight is 403 g/mol. The Balaban J connectivity index is 1.68. The van der Waals surface area contributed by atoms with Crippen LogP contribution in [0.3, 0.4) is 0 Å². The Hall–Kier alpha value is -3.41. The number of nitrogens with zero attached hydrogens (tertiary/aromatic N) is 3. The van der Waals surface area contributed by atoms with Crippen molar-refractivity contribution in [2.45, 2.75) is 31.8 Å². The Kier molecular flexibility index (Phi) is 5.93. The highest BCUT2D eigenvalue weighted by molar-refractivity contribution is 5.78. The number of carbonyl (C=O) groups is 1. The molecular formula is C24H25N3O3. The van der Waals surface area contributed by atoms with E-state index in [-0.39, 0.29) is 11.9 Å². The molecule has 0 radical (unpaired) electrons. The molecule has 0 bridgehead atoms. The van der Waals surface area contributed by atoms with Crippen LogP contribution in [0.1, 0.15) is 36.4 Å². The van der Waals surface area contributed by atoms with Crippen LogP contribution < -0.4 is 9.47 Å². The van der Waals surface area contributed by atoms with Crippen molar-refractivity contribution >= 4 is 5.91 Å². The van der Waals surface area contributed by atoms with Crippen molar-refractivity contribution in [2.24, 2.45) is 0 Å². The van der Waals surface area contributed by atoms with E-state index in [9.17, 15) is 4.79 Å². The monoisotopic (exact) mass is 403 g/mol. The Labute approximate surface area is 176 Å². The summed E-state index contributed by atoms with van der Waals surface area (Å²) in [5, 5.41) is 0. The molecule has 1 atom stereocenters. The molecule has 0 spiro atoms. The summed E-state index contributed by atoms with van der Waals surface area (Å²) in [5.74, 6) is 1.41. The van der Waals surface area contributed by atoms with Gasteiger partial charge in [-0.05, 0) is 36.6 Å². The molecule has 2 aromatic heterocycles. The summed E-state index contributed by atoms with van der Waals surface area (Å²) >= 11 is 0. The van der Waals surface area contributed by atoms with E-state index in [4.69, 9.17) is 9.47 Å². The van der Waals surface area contributed by atoms with Gasteiger partial charge in [0, 0.05) is 24.7 Å². The predicted octanol–water partition coefficient (Wildman–Crippen LogP) is 4.41. The number of hydrogen-bond donors (Lipinski definition) is 0. The molecule has 1 amide bonds. The quantitative estimate of drug-likeness (QED) is 0.610. The molecule has 4 rings (SSSR count). The van der Waals surface area contributed by atoms with Gasteiger partial charge < -0.3 is 14.4 Å². The second-order valence-corrected chi connectivity index (χ2v) is 7.30. The Morgan fingerprint density at radius 1 is 1.07 bits per heavy atom. The van der Waals surface area contributed by atoms with E-state index in [2.05, 4.69) is 16.0 Å². The molecule has 0 aliphatic carbocycles. The molecule has 6 nitrogen and oxygen atoms in total. The fourth-order valence-corrected chi connectivity index (χ4v) is 4.06. The van der Waals surface area contributed by atoms with Crippen molar-refractivity contribution in [2.75, 3.05) is 14.2 Å². The largest absolute Gasteiger partial charge is 0.495 e. The number of rotatable bonds is 6. The first-order valence-electron chi connectivity index (χ1n) is 10.1. The normalized spacial score (nSPS) is 16.4. The lowest BCUT2D eigenvalue weighted by molar-refractivity contribution is -0.137. The van der Waals surface area contributed by atoms with Crippen LogP contribution in [-0.2, 0) is 11.3 Å². The fraction of sp³-hybridized carbons (Fsp3) is 0.292. The number of pyridine rings is 2. The number of piperidine rings is 1. The minimum atomic E-state index is -0.127. The van der Waals surface area contributed by atoms with Gasteiger partial charge in [-0.15, -0.1) is 0 Å². The summed E-state index contributed by atoms with van der Waals surface area (Å²) in [6.07, 6.45) is 7.37. The first-order valence-corrected chi connectivity index (χ1v) is 10.1. The first-order chi connectivity index (χ1) is 14.7. The third-order valence-corrected chi connectivity index (χ3v) is 5.49. The van der Waals surface area contributed by atoms with Gasteiger partial charge in [0.15, 0.2) is 0 Å². The number of methoxy groups -OCH3 is 2. The smallest absolute Gasteiger partial charge is 0.223 e.